The van der Waals surface area contributed by atoms with Crippen LogP contribution in [-0.2, 0) is 10.5 Å². The third-order valence-electron chi connectivity index (χ3n) is 4.28. The Morgan fingerprint density at radius 2 is 2.04 bits per heavy atom. The molecular weight excluding hydrogens is 429 g/mol. The number of rotatable bonds is 8. The van der Waals surface area contributed by atoms with Crippen molar-refractivity contribution in [1.82, 2.24) is 10.3 Å². The van der Waals surface area contributed by atoms with Gasteiger partial charge in [-0.05, 0) is 49.9 Å². The normalized spacial score (nSPS) is 15.2. The average Bonchev–Trinajstić information content (AvgIpc) is 3.35. The van der Waals surface area contributed by atoms with Gasteiger partial charge >= 0.3 is 0 Å². The lowest BCUT2D eigenvalue weighted by molar-refractivity contribution is -0.121. The van der Waals surface area contributed by atoms with E-state index in [0.29, 0.717) is 34.9 Å². The van der Waals surface area contributed by atoms with Crippen LogP contribution in [0.25, 0.3) is 11.3 Å². The maximum Gasteiger partial charge on any atom is 0.233 e. The van der Waals surface area contributed by atoms with E-state index < -0.39 is 0 Å². The molecule has 0 radical (unpaired) electrons. The van der Waals surface area contributed by atoms with Gasteiger partial charge in [-0.2, -0.15) is 0 Å². The summed E-state index contributed by atoms with van der Waals surface area (Å²) in [5, 5.41) is 3.55. The molecule has 2 aromatic rings. The van der Waals surface area contributed by atoms with E-state index in [1.54, 1.807) is 6.20 Å². The number of nitrogens with zero attached hydrogens (tertiary/aromatic N) is 1. The molecule has 1 aliphatic carbocycles. The largest absolute Gasteiger partial charge is 0.440 e. The predicted octanol–water partition coefficient (Wildman–Crippen LogP) is 4.31. The van der Waals surface area contributed by atoms with E-state index in [0.717, 1.165) is 18.4 Å². The number of halogens is 3. The molecule has 1 fully saturated rings. The third-order valence-corrected chi connectivity index (χ3v) is 5.66. The Morgan fingerprint density at radius 3 is 2.63 bits per heavy atom. The van der Waals surface area contributed by atoms with Gasteiger partial charge in [-0.1, -0.05) is 11.6 Å². The molecule has 0 bridgehead atoms. The molecule has 0 aliphatic heterocycles. The molecule has 9 heteroatoms. The number of thioether (sulfide) groups is 1. The second-order valence-corrected chi connectivity index (χ2v) is 8.03. The molecule has 0 spiro atoms. The number of hydrogen-bond donors (Lipinski definition) is 2. The first kappa shape index (κ1) is 24.1. The van der Waals surface area contributed by atoms with Gasteiger partial charge in [-0.25, -0.2) is 4.98 Å². The summed E-state index contributed by atoms with van der Waals surface area (Å²) in [6.45, 7) is 2.39. The quantitative estimate of drug-likeness (QED) is 0.623. The SMILES string of the molecule is CC(SCc1ncc(-c2ccc(Cl)cc2)o1)C(=O)NC(CN)C1CC1.Cl.Cl. The van der Waals surface area contributed by atoms with Crippen LogP contribution in [-0.4, -0.2) is 28.7 Å². The number of oxazole rings is 1. The lowest BCUT2D eigenvalue weighted by Gasteiger charge is -2.18. The van der Waals surface area contributed by atoms with Crippen molar-refractivity contribution in [3.05, 3.63) is 41.4 Å². The zero-order valence-corrected chi connectivity index (χ0v) is 18.1. The lowest BCUT2D eigenvalue weighted by Crippen LogP contribution is -2.44. The Morgan fingerprint density at radius 1 is 1.37 bits per heavy atom. The van der Waals surface area contributed by atoms with E-state index in [-0.39, 0.29) is 42.0 Å². The number of carbonyl (C=O) groups excluding carboxylic acids is 1. The second-order valence-electron chi connectivity index (χ2n) is 6.27. The Labute approximate surface area is 181 Å². The molecule has 27 heavy (non-hydrogen) atoms. The zero-order chi connectivity index (χ0) is 17.8. The molecule has 150 valence electrons. The van der Waals surface area contributed by atoms with Gasteiger partial charge in [0.05, 0.1) is 17.2 Å². The van der Waals surface area contributed by atoms with Crippen LogP contribution in [0.15, 0.2) is 34.9 Å². The van der Waals surface area contributed by atoms with Crippen LogP contribution in [0.3, 0.4) is 0 Å². The molecule has 1 saturated carbocycles. The van der Waals surface area contributed by atoms with Gasteiger partial charge in [0.1, 0.15) is 0 Å². The van der Waals surface area contributed by atoms with Crippen molar-refractivity contribution in [3.8, 4) is 11.3 Å². The minimum absolute atomic E-state index is 0. The molecule has 3 rings (SSSR count). The summed E-state index contributed by atoms with van der Waals surface area (Å²) in [6, 6.07) is 7.51. The molecule has 2 unspecified atom stereocenters. The molecule has 5 nitrogen and oxygen atoms in total. The minimum atomic E-state index is -0.182. The Kier molecular flexibility index (Phi) is 9.98. The molecule has 1 aromatic heterocycles. The van der Waals surface area contributed by atoms with Gasteiger partial charge < -0.3 is 15.5 Å². The summed E-state index contributed by atoms with van der Waals surface area (Å²) in [4.78, 5) is 16.6. The number of nitrogens with two attached hydrogens (primary N) is 1. The number of aromatic nitrogens is 1. The van der Waals surface area contributed by atoms with Gasteiger partial charge in [0.2, 0.25) is 11.8 Å². The Hall–Kier alpha value is -0.920. The molecule has 1 aromatic carbocycles. The number of nitrogens with one attached hydrogen (secondary N) is 1. The van der Waals surface area contributed by atoms with Gasteiger partial charge in [0.15, 0.2) is 5.76 Å². The monoisotopic (exact) mass is 451 g/mol. The maximum absolute atomic E-state index is 12.3. The van der Waals surface area contributed by atoms with Crippen molar-refractivity contribution in [1.29, 1.82) is 0 Å². The fourth-order valence-corrected chi connectivity index (χ4v) is 3.44. The number of amides is 1. The Bertz CT molecular complexity index is 723. The number of hydrogen-bond acceptors (Lipinski definition) is 5. The van der Waals surface area contributed by atoms with Gasteiger partial charge in [-0.3, -0.25) is 4.79 Å². The Balaban J connectivity index is 0.00000182. The van der Waals surface area contributed by atoms with Gasteiger partial charge in [-0.15, -0.1) is 36.6 Å². The smallest absolute Gasteiger partial charge is 0.233 e. The molecule has 0 saturated heterocycles. The van der Waals surface area contributed by atoms with Crippen LogP contribution in [0.1, 0.15) is 25.7 Å². The number of carbonyl (C=O) groups is 1. The highest BCUT2D eigenvalue weighted by Gasteiger charge is 2.32. The highest BCUT2D eigenvalue weighted by molar-refractivity contribution is 7.99. The molecule has 1 aliphatic rings. The minimum Gasteiger partial charge on any atom is -0.440 e. The van der Waals surface area contributed by atoms with Crippen molar-refractivity contribution >= 4 is 54.1 Å². The molecule has 2 atom stereocenters. The first-order chi connectivity index (χ1) is 12.1. The highest BCUT2D eigenvalue weighted by atomic mass is 35.5. The standard InChI is InChI=1S/C18H22ClN3O2S.2ClH/c1-11(18(23)22-15(8-20)12-2-3-12)25-10-17-21-9-16(24-17)13-4-6-14(19)7-5-13;;/h4-7,9,11-12,15H,2-3,8,10,20H2,1H3,(H,22,23);2*1H. The summed E-state index contributed by atoms with van der Waals surface area (Å²) in [5.41, 5.74) is 6.66. The van der Waals surface area contributed by atoms with Crippen LogP contribution in [0, 0.1) is 5.92 Å². The summed E-state index contributed by atoms with van der Waals surface area (Å²) in [5.74, 6) is 2.42. The van der Waals surface area contributed by atoms with Gasteiger partial charge in [0.25, 0.3) is 0 Å². The van der Waals surface area contributed by atoms with Crippen molar-refractivity contribution in [2.45, 2.75) is 36.8 Å². The van der Waals surface area contributed by atoms with E-state index in [9.17, 15) is 4.79 Å². The van der Waals surface area contributed by atoms with Crippen molar-refractivity contribution in [3.63, 3.8) is 0 Å². The molecule has 3 N–H and O–H groups in total. The van der Waals surface area contributed by atoms with Crippen molar-refractivity contribution < 1.29 is 9.21 Å². The van der Waals surface area contributed by atoms with Crippen LogP contribution in [0.4, 0.5) is 0 Å². The predicted molar refractivity (Wildman–Crippen MR) is 116 cm³/mol. The fraction of sp³-hybridized carbons (Fsp3) is 0.444. The van der Waals surface area contributed by atoms with Crippen LogP contribution in [0.5, 0.6) is 0 Å². The van der Waals surface area contributed by atoms with Gasteiger partial charge in [0, 0.05) is 23.2 Å². The summed E-state index contributed by atoms with van der Waals surface area (Å²) < 4.78 is 5.76. The van der Waals surface area contributed by atoms with Crippen LogP contribution >= 0.6 is 48.2 Å². The fourth-order valence-electron chi connectivity index (χ4n) is 2.56. The maximum atomic E-state index is 12.3. The zero-order valence-electron chi connectivity index (χ0n) is 14.9. The first-order valence-corrected chi connectivity index (χ1v) is 9.82. The first-order valence-electron chi connectivity index (χ1n) is 8.39. The van der Waals surface area contributed by atoms with E-state index in [1.165, 1.54) is 11.8 Å². The topological polar surface area (TPSA) is 81.2 Å². The molecule has 1 heterocycles. The van der Waals surface area contributed by atoms with Crippen molar-refractivity contribution in [2.75, 3.05) is 6.54 Å². The average molecular weight is 453 g/mol. The number of benzene rings is 1. The summed E-state index contributed by atoms with van der Waals surface area (Å²) >= 11 is 7.40. The van der Waals surface area contributed by atoms with Crippen LogP contribution in [0.2, 0.25) is 5.02 Å². The van der Waals surface area contributed by atoms with E-state index in [1.807, 2.05) is 31.2 Å². The molecular formula is C18H24Cl3N3O2S. The van der Waals surface area contributed by atoms with Crippen molar-refractivity contribution in [2.24, 2.45) is 11.7 Å². The second kappa shape index (κ2) is 11.2. The summed E-state index contributed by atoms with van der Waals surface area (Å²) in [6.07, 6.45) is 4.02. The van der Waals surface area contributed by atoms with E-state index >= 15 is 0 Å². The lowest BCUT2D eigenvalue weighted by atomic mass is 10.2. The van der Waals surface area contributed by atoms with E-state index in [2.05, 4.69) is 10.3 Å². The molecule has 1 amide bonds. The highest BCUT2D eigenvalue weighted by Crippen LogP contribution is 2.32. The van der Waals surface area contributed by atoms with E-state index in [4.69, 9.17) is 21.8 Å². The van der Waals surface area contributed by atoms with Crippen LogP contribution < -0.4 is 11.1 Å². The summed E-state index contributed by atoms with van der Waals surface area (Å²) in [7, 11) is 0. The third kappa shape index (κ3) is 6.88.